The molecule has 1 fully saturated rings. The van der Waals surface area contributed by atoms with Crippen LogP contribution in [0.25, 0.3) is 10.9 Å². The Morgan fingerprint density at radius 2 is 1.87 bits per heavy atom. The number of hydrogen-bond acceptors (Lipinski definition) is 4. The minimum atomic E-state index is -0.511. The second-order valence-corrected chi connectivity index (χ2v) is 7.79. The van der Waals surface area contributed by atoms with E-state index in [-0.39, 0.29) is 36.7 Å². The molecule has 0 radical (unpaired) electrons. The highest BCUT2D eigenvalue weighted by molar-refractivity contribution is 5.97. The molecule has 6 rings (SSSR count). The Balaban J connectivity index is 0.00000193. The molecule has 30 heavy (non-hydrogen) atoms. The first-order chi connectivity index (χ1) is 14.1. The molecule has 1 aromatic heterocycles. The van der Waals surface area contributed by atoms with E-state index < -0.39 is 6.04 Å². The van der Waals surface area contributed by atoms with Gasteiger partial charge in [0.25, 0.3) is 0 Å². The van der Waals surface area contributed by atoms with Gasteiger partial charge in [-0.3, -0.25) is 9.59 Å². The molecule has 8 nitrogen and oxygen atoms in total. The maximum absolute atomic E-state index is 13.1. The molecular formula is C22H21N3O5. The third kappa shape index (κ3) is 2.43. The van der Waals surface area contributed by atoms with Gasteiger partial charge in [-0.2, -0.15) is 0 Å². The number of likely N-dealkylation sites (N-methyl/N-ethyl adjacent to an activating group) is 1. The predicted molar refractivity (Wildman–Crippen MR) is 108 cm³/mol. The summed E-state index contributed by atoms with van der Waals surface area (Å²) in [4.78, 5) is 32.9. The number of hydrogen-bond donors (Lipinski definition) is 1. The Kier molecular flexibility index (Phi) is 4.01. The van der Waals surface area contributed by atoms with Gasteiger partial charge in [0.15, 0.2) is 11.5 Å². The molecule has 2 aromatic carbocycles. The molecule has 3 aromatic rings. The van der Waals surface area contributed by atoms with E-state index in [4.69, 9.17) is 9.47 Å². The third-order valence-electron chi connectivity index (χ3n) is 6.17. The fourth-order valence-corrected chi connectivity index (χ4v) is 4.84. The average molecular weight is 407 g/mol. The van der Waals surface area contributed by atoms with Crippen molar-refractivity contribution in [3.8, 4) is 11.5 Å². The number of fused-ring (bicyclic) bond motifs is 5. The fraction of sp³-hybridized carbons (Fsp3) is 0.273. The van der Waals surface area contributed by atoms with Crippen LogP contribution in [0.2, 0.25) is 0 Å². The van der Waals surface area contributed by atoms with Crippen LogP contribution in [-0.4, -0.2) is 58.5 Å². The lowest BCUT2D eigenvalue weighted by atomic mass is 9.86. The number of piperazine rings is 1. The molecule has 8 heteroatoms. The van der Waals surface area contributed by atoms with Gasteiger partial charge in [-0.05, 0) is 29.3 Å². The topological polar surface area (TPSA) is 106 Å². The summed E-state index contributed by atoms with van der Waals surface area (Å²) in [6, 6.07) is 12.9. The van der Waals surface area contributed by atoms with E-state index in [1.54, 1.807) is 11.9 Å². The Morgan fingerprint density at radius 1 is 1.07 bits per heavy atom. The lowest BCUT2D eigenvalue weighted by molar-refractivity contribution is -0.157. The summed E-state index contributed by atoms with van der Waals surface area (Å²) in [6.45, 7) is 0.279. The number of H-pyrrole nitrogens is 1. The highest BCUT2D eigenvalue weighted by Crippen LogP contribution is 2.44. The van der Waals surface area contributed by atoms with Crippen LogP contribution in [0.15, 0.2) is 42.5 Å². The van der Waals surface area contributed by atoms with Gasteiger partial charge in [0.05, 0.1) is 12.6 Å². The zero-order valence-corrected chi connectivity index (χ0v) is 16.3. The number of aromatic nitrogens is 1. The van der Waals surface area contributed by atoms with Crippen LogP contribution in [0.1, 0.15) is 22.9 Å². The van der Waals surface area contributed by atoms with Crippen molar-refractivity contribution in [3.05, 3.63) is 59.3 Å². The summed E-state index contributed by atoms with van der Waals surface area (Å²) in [6.07, 6.45) is 0.509. The Labute approximate surface area is 172 Å². The molecule has 3 aliphatic heterocycles. The molecule has 4 heterocycles. The van der Waals surface area contributed by atoms with Gasteiger partial charge in [-0.15, -0.1) is 0 Å². The highest BCUT2D eigenvalue weighted by atomic mass is 16.7. The number of carbonyl (C=O) groups is 2. The number of amides is 2. The molecule has 1 saturated heterocycles. The SMILES string of the molecule is CN1CC(=O)N2[C@H](c3ccc4c(c3)OCO4)c3[nH]c4ccccc4c3C[C@@H]2C1=O.O. The minimum Gasteiger partial charge on any atom is -0.454 e. The first kappa shape index (κ1) is 18.5. The zero-order valence-electron chi connectivity index (χ0n) is 16.3. The summed E-state index contributed by atoms with van der Waals surface area (Å²) >= 11 is 0. The lowest BCUT2D eigenvalue weighted by Crippen LogP contribution is -2.62. The smallest absolute Gasteiger partial charge is 0.245 e. The highest BCUT2D eigenvalue weighted by Gasteiger charge is 2.47. The molecule has 0 spiro atoms. The number of rotatable bonds is 1. The van der Waals surface area contributed by atoms with E-state index in [0.717, 1.165) is 27.7 Å². The number of nitrogens with one attached hydrogen (secondary N) is 1. The van der Waals surface area contributed by atoms with Gasteiger partial charge >= 0.3 is 0 Å². The number of aromatic amines is 1. The van der Waals surface area contributed by atoms with Crippen LogP contribution in [0.5, 0.6) is 11.5 Å². The van der Waals surface area contributed by atoms with Crippen LogP contribution in [0.4, 0.5) is 0 Å². The van der Waals surface area contributed by atoms with E-state index in [2.05, 4.69) is 11.1 Å². The molecular weight excluding hydrogens is 386 g/mol. The second kappa shape index (κ2) is 6.50. The van der Waals surface area contributed by atoms with Gasteiger partial charge in [0.2, 0.25) is 18.6 Å². The number of benzene rings is 2. The van der Waals surface area contributed by atoms with Crippen molar-refractivity contribution in [2.45, 2.75) is 18.5 Å². The van der Waals surface area contributed by atoms with E-state index >= 15 is 0 Å². The Hall–Kier alpha value is -3.52. The van der Waals surface area contributed by atoms with E-state index in [1.807, 2.05) is 36.4 Å². The van der Waals surface area contributed by atoms with Crippen LogP contribution >= 0.6 is 0 Å². The molecule has 2 amide bonds. The largest absolute Gasteiger partial charge is 0.454 e. The lowest BCUT2D eigenvalue weighted by Gasteiger charge is -2.46. The summed E-state index contributed by atoms with van der Waals surface area (Å²) < 4.78 is 11.0. The van der Waals surface area contributed by atoms with Crippen LogP contribution in [-0.2, 0) is 16.0 Å². The van der Waals surface area contributed by atoms with Gasteiger partial charge in [0, 0.05) is 30.1 Å². The Morgan fingerprint density at radius 3 is 2.73 bits per heavy atom. The first-order valence-electron chi connectivity index (χ1n) is 9.67. The van der Waals surface area contributed by atoms with Gasteiger partial charge in [0.1, 0.15) is 6.04 Å². The van der Waals surface area contributed by atoms with Crippen molar-refractivity contribution in [1.82, 2.24) is 14.8 Å². The van der Waals surface area contributed by atoms with Gasteiger partial charge in [-0.1, -0.05) is 24.3 Å². The predicted octanol–water partition coefficient (Wildman–Crippen LogP) is 1.39. The number of ether oxygens (including phenoxy) is 2. The molecule has 3 N–H and O–H groups in total. The van der Waals surface area contributed by atoms with E-state index in [9.17, 15) is 9.59 Å². The summed E-state index contributed by atoms with van der Waals surface area (Å²) in [7, 11) is 1.69. The summed E-state index contributed by atoms with van der Waals surface area (Å²) in [5.74, 6) is 1.28. The molecule has 154 valence electrons. The quantitative estimate of drug-likeness (QED) is 0.658. The molecule has 2 atom stereocenters. The monoisotopic (exact) mass is 407 g/mol. The average Bonchev–Trinajstić information content (AvgIpc) is 3.34. The fourth-order valence-electron chi connectivity index (χ4n) is 4.84. The van der Waals surface area contributed by atoms with E-state index in [0.29, 0.717) is 17.9 Å². The zero-order chi connectivity index (χ0) is 19.7. The van der Waals surface area contributed by atoms with Gasteiger partial charge in [-0.25, -0.2) is 0 Å². The van der Waals surface area contributed by atoms with Crippen LogP contribution < -0.4 is 9.47 Å². The van der Waals surface area contributed by atoms with Gasteiger partial charge < -0.3 is 29.7 Å². The second-order valence-electron chi connectivity index (χ2n) is 7.79. The summed E-state index contributed by atoms with van der Waals surface area (Å²) in [5.41, 5.74) is 3.97. The van der Waals surface area contributed by atoms with Crippen molar-refractivity contribution >= 4 is 22.7 Å². The van der Waals surface area contributed by atoms with Crippen molar-refractivity contribution in [1.29, 1.82) is 0 Å². The van der Waals surface area contributed by atoms with Crippen LogP contribution in [0.3, 0.4) is 0 Å². The van der Waals surface area contributed by atoms with Crippen molar-refractivity contribution < 1.29 is 24.5 Å². The van der Waals surface area contributed by atoms with Crippen LogP contribution in [0, 0.1) is 0 Å². The minimum absolute atomic E-state index is 0. The molecule has 3 aliphatic rings. The molecule has 0 bridgehead atoms. The number of para-hydroxylation sites is 1. The number of carbonyl (C=O) groups excluding carboxylic acids is 2. The van der Waals surface area contributed by atoms with Crippen molar-refractivity contribution in [3.63, 3.8) is 0 Å². The molecule has 0 aliphatic carbocycles. The molecule has 0 saturated carbocycles. The van der Waals surface area contributed by atoms with E-state index in [1.165, 1.54) is 4.90 Å². The van der Waals surface area contributed by atoms with Crippen molar-refractivity contribution in [2.75, 3.05) is 20.4 Å². The maximum Gasteiger partial charge on any atom is 0.245 e. The third-order valence-corrected chi connectivity index (χ3v) is 6.17. The van der Waals surface area contributed by atoms with Crippen molar-refractivity contribution in [2.24, 2.45) is 0 Å². The Bertz CT molecular complexity index is 1190. The summed E-state index contributed by atoms with van der Waals surface area (Å²) in [5, 5.41) is 1.10. The normalized spacial score (nSPS) is 22.0. The maximum atomic E-state index is 13.1. The first-order valence-corrected chi connectivity index (χ1v) is 9.67. The standard InChI is InChI=1S/C22H19N3O4.H2O/c1-24-10-19(26)25-16(22(24)27)9-14-13-4-2-3-5-15(13)23-20(14)21(25)12-6-7-17-18(8-12)29-11-28-17;/h2-8,16,21,23H,9-11H2,1H3;1H2/t16-,21-;/m1./s1. The number of nitrogens with zero attached hydrogens (tertiary/aromatic N) is 2. The molecule has 0 unspecified atom stereocenters.